The van der Waals surface area contributed by atoms with Crippen molar-refractivity contribution in [1.29, 1.82) is 0 Å². The van der Waals surface area contributed by atoms with E-state index in [-0.39, 0.29) is 11.5 Å². The molecule has 0 saturated carbocycles. The molecular formula is C21H27N3O2S. The molecule has 5 rings (SSSR count). The van der Waals surface area contributed by atoms with Crippen molar-refractivity contribution in [2.75, 3.05) is 33.7 Å². The fourth-order valence-corrected chi connectivity index (χ4v) is 6.41. The van der Waals surface area contributed by atoms with Gasteiger partial charge in [0.25, 0.3) is 0 Å². The van der Waals surface area contributed by atoms with Crippen LogP contribution in [0, 0.1) is 11.8 Å². The average molecular weight is 386 g/mol. The van der Waals surface area contributed by atoms with Crippen LogP contribution in [0.25, 0.3) is 10.2 Å². The van der Waals surface area contributed by atoms with Crippen molar-refractivity contribution < 1.29 is 9.53 Å². The molecule has 2 bridgehead atoms. The number of nitrogens with zero attached hydrogens (tertiary/aromatic N) is 3. The Kier molecular flexibility index (Phi) is 4.26. The van der Waals surface area contributed by atoms with Gasteiger partial charge in [-0.1, -0.05) is 12.1 Å². The van der Waals surface area contributed by atoms with Crippen LogP contribution >= 0.6 is 11.3 Å². The highest BCUT2D eigenvalue weighted by molar-refractivity contribution is 7.18. The van der Waals surface area contributed by atoms with E-state index in [2.05, 4.69) is 34.9 Å². The number of ether oxygens (including phenoxy) is 1. The summed E-state index contributed by atoms with van der Waals surface area (Å²) in [7, 11) is 4.27. The number of carbonyl (C=O) groups is 1. The van der Waals surface area contributed by atoms with Crippen LogP contribution in [0.15, 0.2) is 24.3 Å². The van der Waals surface area contributed by atoms with Crippen molar-refractivity contribution in [3.05, 3.63) is 29.3 Å². The Labute approximate surface area is 164 Å². The molecule has 2 aromatic rings. The lowest BCUT2D eigenvalue weighted by Gasteiger charge is -2.30. The molecule has 3 fully saturated rings. The van der Waals surface area contributed by atoms with Crippen molar-refractivity contribution in [1.82, 2.24) is 14.8 Å². The molecule has 0 aliphatic carbocycles. The van der Waals surface area contributed by atoms with Crippen LogP contribution in [0.3, 0.4) is 0 Å². The first kappa shape index (κ1) is 17.6. The molecule has 27 heavy (non-hydrogen) atoms. The maximum atomic E-state index is 12.9. The lowest BCUT2D eigenvalue weighted by molar-refractivity contribution is -0.131. The second kappa shape index (κ2) is 6.54. The van der Waals surface area contributed by atoms with Gasteiger partial charge in [-0.3, -0.25) is 4.79 Å². The van der Waals surface area contributed by atoms with Crippen LogP contribution in [0.4, 0.5) is 0 Å². The average Bonchev–Trinajstić information content (AvgIpc) is 3.38. The molecule has 0 radical (unpaired) electrons. The van der Waals surface area contributed by atoms with Crippen LogP contribution in [-0.4, -0.2) is 66.1 Å². The summed E-state index contributed by atoms with van der Waals surface area (Å²) < 4.78 is 7.65. The lowest BCUT2D eigenvalue weighted by atomic mass is 9.73. The molecule has 3 aliphatic rings. The van der Waals surface area contributed by atoms with Crippen LogP contribution in [0.2, 0.25) is 0 Å². The van der Waals surface area contributed by atoms with Crippen molar-refractivity contribution in [3.63, 3.8) is 0 Å². The van der Waals surface area contributed by atoms with E-state index in [9.17, 15) is 4.79 Å². The maximum Gasteiger partial charge on any atom is 0.223 e. The van der Waals surface area contributed by atoms with E-state index >= 15 is 0 Å². The number of benzene rings is 1. The Morgan fingerprint density at radius 2 is 2.26 bits per heavy atom. The number of para-hydroxylation sites is 1. The Morgan fingerprint density at radius 1 is 1.41 bits per heavy atom. The molecule has 1 spiro atoms. The summed E-state index contributed by atoms with van der Waals surface area (Å²) in [6, 6.07) is 8.18. The largest absolute Gasteiger partial charge is 0.369 e. The van der Waals surface area contributed by atoms with E-state index in [4.69, 9.17) is 4.74 Å². The van der Waals surface area contributed by atoms with Gasteiger partial charge in [-0.25, -0.2) is 4.98 Å². The van der Waals surface area contributed by atoms with Crippen molar-refractivity contribution in [2.24, 2.45) is 11.8 Å². The summed E-state index contributed by atoms with van der Waals surface area (Å²) in [5, 5.41) is 1.06. The van der Waals surface area contributed by atoms with Crippen molar-refractivity contribution in [2.45, 2.75) is 37.4 Å². The molecule has 5 nitrogen and oxygen atoms in total. The fourth-order valence-electron chi connectivity index (χ4n) is 5.45. The predicted octanol–water partition coefficient (Wildman–Crippen LogP) is 2.80. The molecule has 4 heterocycles. The Balaban J connectivity index is 1.24. The molecule has 0 unspecified atom stereocenters. The van der Waals surface area contributed by atoms with Gasteiger partial charge in [0.2, 0.25) is 5.91 Å². The number of rotatable bonds is 5. The molecule has 1 aromatic carbocycles. The summed E-state index contributed by atoms with van der Waals surface area (Å²) in [4.78, 5) is 21.9. The molecule has 3 aliphatic heterocycles. The Bertz CT molecular complexity index is 833. The monoisotopic (exact) mass is 385 g/mol. The molecule has 4 atom stereocenters. The van der Waals surface area contributed by atoms with E-state index in [1.807, 2.05) is 18.2 Å². The number of amides is 1. The van der Waals surface area contributed by atoms with E-state index < -0.39 is 0 Å². The standard InChI is InChI=1S/C21H27N3O2S/c1-23(2)11-14-15-12-24(13-21(15)10-9-17(14)26-21)20(25)8-7-19-22-16-5-3-4-6-18(16)27-19/h3-6,14-15,17H,7-13H2,1-2H3/t14-,15+,17+,21+/m0/s1. The van der Waals surface area contributed by atoms with E-state index in [1.165, 1.54) is 4.70 Å². The van der Waals surface area contributed by atoms with Gasteiger partial charge in [-0.2, -0.15) is 0 Å². The van der Waals surface area contributed by atoms with Gasteiger partial charge in [0.1, 0.15) is 0 Å². The Morgan fingerprint density at radius 3 is 3.07 bits per heavy atom. The first-order chi connectivity index (χ1) is 13.0. The summed E-state index contributed by atoms with van der Waals surface area (Å²) in [5.41, 5.74) is 0.980. The summed E-state index contributed by atoms with van der Waals surface area (Å²) in [5.74, 6) is 1.33. The normalized spacial score (nSPS) is 32.0. The summed E-state index contributed by atoms with van der Waals surface area (Å²) >= 11 is 1.70. The highest BCUT2D eigenvalue weighted by atomic mass is 32.1. The minimum atomic E-state index is -0.0587. The van der Waals surface area contributed by atoms with Crippen LogP contribution in [0.1, 0.15) is 24.3 Å². The maximum absolute atomic E-state index is 12.9. The lowest BCUT2D eigenvalue weighted by Crippen LogP contribution is -2.40. The quantitative estimate of drug-likeness (QED) is 0.794. The number of carbonyl (C=O) groups excluding carboxylic acids is 1. The summed E-state index contributed by atoms with van der Waals surface area (Å²) in [6.07, 6.45) is 3.95. The first-order valence-corrected chi connectivity index (χ1v) is 10.8. The number of hydrogen-bond donors (Lipinski definition) is 0. The number of aryl methyl sites for hydroxylation is 1. The SMILES string of the molecule is CN(C)C[C@H]1[C@H]2CN(C(=O)CCc3nc4ccccc4s3)C[C@]23CC[C@H]1O3. The van der Waals surface area contributed by atoms with Gasteiger partial charge in [-0.15, -0.1) is 11.3 Å². The van der Waals surface area contributed by atoms with Crippen molar-refractivity contribution >= 4 is 27.5 Å². The van der Waals surface area contributed by atoms with Crippen LogP contribution < -0.4 is 0 Å². The molecule has 1 amide bonds. The highest BCUT2D eigenvalue weighted by Gasteiger charge is 2.63. The molecule has 0 N–H and O–H groups in total. The topological polar surface area (TPSA) is 45.7 Å². The third kappa shape index (κ3) is 2.98. The third-order valence-electron chi connectivity index (χ3n) is 6.60. The minimum Gasteiger partial charge on any atom is -0.369 e. The number of hydrogen-bond acceptors (Lipinski definition) is 5. The highest BCUT2D eigenvalue weighted by Crippen LogP contribution is 2.55. The third-order valence-corrected chi connectivity index (χ3v) is 7.70. The summed E-state index contributed by atoms with van der Waals surface area (Å²) in [6.45, 7) is 2.72. The van der Waals surface area contributed by atoms with Gasteiger partial charge in [-0.05, 0) is 39.1 Å². The van der Waals surface area contributed by atoms with Crippen LogP contribution in [-0.2, 0) is 16.0 Å². The van der Waals surface area contributed by atoms with E-state index in [0.29, 0.717) is 24.4 Å². The van der Waals surface area contributed by atoms with Crippen molar-refractivity contribution in [3.8, 4) is 0 Å². The smallest absolute Gasteiger partial charge is 0.223 e. The Hall–Kier alpha value is -1.50. The minimum absolute atomic E-state index is 0.0587. The first-order valence-electron chi connectivity index (χ1n) is 9.99. The van der Waals surface area contributed by atoms with Gasteiger partial charge < -0.3 is 14.5 Å². The molecular weight excluding hydrogens is 358 g/mol. The van der Waals surface area contributed by atoms with E-state index in [0.717, 1.165) is 49.4 Å². The molecule has 3 saturated heterocycles. The second-order valence-electron chi connectivity index (χ2n) is 8.64. The molecule has 144 valence electrons. The van der Waals surface area contributed by atoms with Gasteiger partial charge in [0.15, 0.2) is 0 Å². The van der Waals surface area contributed by atoms with Gasteiger partial charge >= 0.3 is 0 Å². The van der Waals surface area contributed by atoms with Gasteiger partial charge in [0.05, 0.1) is 33.5 Å². The zero-order valence-corrected chi connectivity index (χ0v) is 16.9. The zero-order chi connectivity index (χ0) is 18.6. The number of thiazole rings is 1. The van der Waals surface area contributed by atoms with Gasteiger partial charge in [0, 0.05) is 37.8 Å². The predicted molar refractivity (Wildman–Crippen MR) is 107 cm³/mol. The molecule has 6 heteroatoms. The zero-order valence-electron chi connectivity index (χ0n) is 16.1. The number of likely N-dealkylation sites (tertiary alicyclic amines) is 1. The number of fused-ring (bicyclic) bond motifs is 2. The van der Waals surface area contributed by atoms with E-state index in [1.54, 1.807) is 11.3 Å². The second-order valence-corrected chi connectivity index (χ2v) is 9.76. The van der Waals surface area contributed by atoms with Crippen LogP contribution in [0.5, 0.6) is 0 Å². The molecule has 1 aromatic heterocycles. The number of aromatic nitrogens is 1. The fraction of sp³-hybridized carbons (Fsp3) is 0.619.